The van der Waals surface area contributed by atoms with E-state index in [1.165, 1.54) is 12.1 Å². The molecule has 0 saturated carbocycles. The van der Waals surface area contributed by atoms with Crippen molar-refractivity contribution in [2.75, 3.05) is 6.54 Å². The molecule has 0 unspecified atom stereocenters. The topological polar surface area (TPSA) is 88.2 Å². The summed E-state index contributed by atoms with van der Waals surface area (Å²) in [4.78, 5) is 15.1. The molecule has 0 saturated heterocycles. The number of hydrogen-bond acceptors (Lipinski definition) is 5. The maximum absolute atomic E-state index is 13.6. The van der Waals surface area contributed by atoms with E-state index in [-0.39, 0.29) is 12.2 Å². The Kier molecular flexibility index (Phi) is 6.37. The summed E-state index contributed by atoms with van der Waals surface area (Å²) >= 11 is 0. The van der Waals surface area contributed by atoms with E-state index >= 15 is 0 Å². The minimum absolute atomic E-state index is 0.0897. The Labute approximate surface area is 184 Å². The molecule has 0 atom stereocenters. The third-order valence-corrected chi connectivity index (χ3v) is 5.09. The van der Waals surface area contributed by atoms with Crippen LogP contribution in [0.1, 0.15) is 17.5 Å². The van der Waals surface area contributed by atoms with E-state index in [4.69, 9.17) is 9.63 Å². The van der Waals surface area contributed by atoms with Crippen molar-refractivity contribution in [3.63, 3.8) is 0 Å². The van der Waals surface area contributed by atoms with E-state index in [2.05, 4.69) is 15.5 Å². The number of halogens is 1. The molecule has 1 heterocycles. The Morgan fingerprint density at radius 1 is 1.03 bits per heavy atom. The van der Waals surface area contributed by atoms with Crippen LogP contribution in [0.2, 0.25) is 0 Å². The summed E-state index contributed by atoms with van der Waals surface area (Å²) < 4.78 is 19.0. The third kappa shape index (κ3) is 5.07. The number of carboxylic acid groups (broad SMARTS) is 1. The number of aliphatic carboxylic acids is 1. The van der Waals surface area contributed by atoms with Gasteiger partial charge in [0, 0.05) is 24.2 Å². The highest BCUT2D eigenvalue weighted by Crippen LogP contribution is 2.29. The summed E-state index contributed by atoms with van der Waals surface area (Å²) in [5, 5.41) is 15.9. The van der Waals surface area contributed by atoms with Crippen LogP contribution < -0.4 is 5.32 Å². The van der Waals surface area contributed by atoms with Gasteiger partial charge >= 0.3 is 5.97 Å². The third-order valence-electron chi connectivity index (χ3n) is 5.09. The number of benzene rings is 3. The van der Waals surface area contributed by atoms with Gasteiger partial charge in [0.2, 0.25) is 5.82 Å². The zero-order valence-electron chi connectivity index (χ0n) is 17.5. The SMILES string of the molecule is Cc1cc(-c2nc(-c3ccc(CNCCC(=O)O)cc3)no2)ccc1-c1cccc(F)c1. The minimum atomic E-state index is -0.820. The van der Waals surface area contributed by atoms with Crippen LogP contribution >= 0.6 is 0 Å². The monoisotopic (exact) mass is 431 g/mol. The maximum atomic E-state index is 13.6. The molecule has 0 aliphatic carbocycles. The van der Waals surface area contributed by atoms with Gasteiger partial charge in [-0.2, -0.15) is 4.98 Å². The van der Waals surface area contributed by atoms with E-state index in [1.54, 1.807) is 6.07 Å². The lowest BCUT2D eigenvalue weighted by Crippen LogP contribution is -2.17. The smallest absolute Gasteiger partial charge is 0.304 e. The number of carbonyl (C=O) groups is 1. The van der Waals surface area contributed by atoms with Gasteiger partial charge in [-0.1, -0.05) is 47.6 Å². The van der Waals surface area contributed by atoms with Gasteiger partial charge in [-0.25, -0.2) is 4.39 Å². The number of nitrogens with one attached hydrogen (secondary N) is 1. The van der Waals surface area contributed by atoms with Crippen molar-refractivity contribution in [2.45, 2.75) is 19.9 Å². The molecule has 4 aromatic rings. The Hall–Kier alpha value is -3.84. The minimum Gasteiger partial charge on any atom is -0.481 e. The second kappa shape index (κ2) is 9.53. The lowest BCUT2D eigenvalue weighted by atomic mass is 9.98. The van der Waals surface area contributed by atoms with Crippen LogP contribution in [0, 0.1) is 12.7 Å². The molecule has 0 amide bonds. The average molecular weight is 431 g/mol. The molecule has 1 aromatic heterocycles. The van der Waals surface area contributed by atoms with Crippen molar-refractivity contribution >= 4 is 5.97 Å². The molecule has 0 fully saturated rings. The van der Waals surface area contributed by atoms with E-state index in [0.717, 1.165) is 33.4 Å². The fraction of sp³-hybridized carbons (Fsp3) is 0.160. The molecule has 6 nitrogen and oxygen atoms in total. The fourth-order valence-electron chi connectivity index (χ4n) is 3.43. The molecule has 0 bridgehead atoms. The Bertz CT molecular complexity index is 1240. The lowest BCUT2D eigenvalue weighted by Gasteiger charge is -2.07. The summed E-state index contributed by atoms with van der Waals surface area (Å²) in [7, 11) is 0. The highest BCUT2D eigenvalue weighted by molar-refractivity contribution is 5.71. The summed E-state index contributed by atoms with van der Waals surface area (Å²) in [6.07, 6.45) is 0.0897. The van der Waals surface area contributed by atoms with Crippen molar-refractivity contribution in [1.82, 2.24) is 15.5 Å². The molecule has 3 aromatic carbocycles. The molecule has 4 rings (SSSR count). The molecular formula is C25H22FN3O3. The molecule has 162 valence electrons. The molecule has 7 heteroatoms. The highest BCUT2D eigenvalue weighted by atomic mass is 19.1. The molecule has 0 aliphatic rings. The fourth-order valence-corrected chi connectivity index (χ4v) is 3.43. The van der Waals surface area contributed by atoms with Crippen LogP contribution in [0.25, 0.3) is 34.0 Å². The van der Waals surface area contributed by atoms with Gasteiger partial charge in [0.15, 0.2) is 0 Å². The molecule has 0 aliphatic heterocycles. The van der Waals surface area contributed by atoms with Gasteiger partial charge in [0.05, 0.1) is 6.42 Å². The van der Waals surface area contributed by atoms with Gasteiger partial charge < -0.3 is 14.9 Å². The van der Waals surface area contributed by atoms with Crippen molar-refractivity contribution in [3.05, 3.63) is 83.7 Å². The van der Waals surface area contributed by atoms with Gasteiger partial charge in [-0.15, -0.1) is 0 Å². The van der Waals surface area contributed by atoms with Crippen LogP contribution in [0.15, 0.2) is 71.3 Å². The molecule has 0 radical (unpaired) electrons. The lowest BCUT2D eigenvalue weighted by molar-refractivity contribution is -0.136. The number of carboxylic acids is 1. The molecular weight excluding hydrogens is 409 g/mol. The Morgan fingerprint density at radius 3 is 2.53 bits per heavy atom. The summed E-state index contributed by atoms with van der Waals surface area (Å²) in [5.74, 6) is -0.195. The predicted octanol–water partition coefficient (Wildman–Crippen LogP) is 5.08. The van der Waals surface area contributed by atoms with Crippen LogP contribution in [0.3, 0.4) is 0 Å². The first-order chi connectivity index (χ1) is 15.5. The second-order valence-corrected chi connectivity index (χ2v) is 7.48. The largest absolute Gasteiger partial charge is 0.481 e. The average Bonchev–Trinajstić information content (AvgIpc) is 3.27. The molecule has 0 spiro atoms. The van der Waals surface area contributed by atoms with Gasteiger partial charge in [0.25, 0.3) is 5.89 Å². The number of aromatic nitrogens is 2. The Balaban J connectivity index is 1.47. The quantitative estimate of drug-likeness (QED) is 0.378. The van der Waals surface area contributed by atoms with Crippen molar-refractivity contribution in [1.29, 1.82) is 0 Å². The number of hydrogen-bond donors (Lipinski definition) is 2. The van der Waals surface area contributed by atoms with Gasteiger partial charge in [0.1, 0.15) is 5.82 Å². The molecule has 2 N–H and O–H groups in total. The van der Waals surface area contributed by atoms with Crippen molar-refractivity contribution < 1.29 is 18.8 Å². The van der Waals surface area contributed by atoms with Crippen LogP contribution in [-0.4, -0.2) is 27.8 Å². The van der Waals surface area contributed by atoms with Gasteiger partial charge in [-0.05, 0) is 53.4 Å². The van der Waals surface area contributed by atoms with Crippen molar-refractivity contribution in [2.24, 2.45) is 0 Å². The number of nitrogens with zero attached hydrogens (tertiary/aromatic N) is 2. The van der Waals surface area contributed by atoms with Gasteiger partial charge in [-0.3, -0.25) is 4.79 Å². The molecule has 32 heavy (non-hydrogen) atoms. The van der Waals surface area contributed by atoms with Crippen molar-refractivity contribution in [3.8, 4) is 34.0 Å². The van der Waals surface area contributed by atoms with E-state index < -0.39 is 5.97 Å². The van der Waals surface area contributed by atoms with E-state index in [1.807, 2.05) is 55.5 Å². The summed E-state index contributed by atoms with van der Waals surface area (Å²) in [6.45, 7) is 2.97. The second-order valence-electron chi connectivity index (χ2n) is 7.48. The Morgan fingerprint density at radius 2 is 1.81 bits per heavy atom. The van der Waals surface area contributed by atoms with E-state index in [9.17, 15) is 9.18 Å². The number of rotatable bonds is 8. The van der Waals surface area contributed by atoms with Crippen LogP contribution in [0.5, 0.6) is 0 Å². The normalized spacial score (nSPS) is 10.9. The summed E-state index contributed by atoms with van der Waals surface area (Å²) in [6, 6.07) is 20.0. The first kappa shape index (κ1) is 21.4. The highest BCUT2D eigenvalue weighted by Gasteiger charge is 2.13. The summed E-state index contributed by atoms with van der Waals surface area (Å²) in [5.41, 5.74) is 5.39. The number of aryl methyl sites for hydroxylation is 1. The van der Waals surface area contributed by atoms with E-state index in [0.29, 0.717) is 24.8 Å². The maximum Gasteiger partial charge on any atom is 0.304 e. The van der Waals surface area contributed by atoms with Crippen LogP contribution in [0.4, 0.5) is 4.39 Å². The zero-order chi connectivity index (χ0) is 22.5. The predicted molar refractivity (Wildman–Crippen MR) is 119 cm³/mol. The standard InChI is InChI=1S/C25H22FN3O3/c1-16-13-20(9-10-22(16)19-3-2-4-21(26)14-19)25-28-24(29-32-25)18-7-5-17(6-8-18)15-27-12-11-23(30)31/h2-10,13-14,27H,11-12,15H2,1H3,(H,30,31). The first-order valence-electron chi connectivity index (χ1n) is 10.2. The zero-order valence-corrected chi connectivity index (χ0v) is 17.5. The van der Waals surface area contributed by atoms with Crippen LogP contribution in [-0.2, 0) is 11.3 Å². The first-order valence-corrected chi connectivity index (χ1v) is 10.2.